The van der Waals surface area contributed by atoms with Crippen molar-refractivity contribution in [1.29, 1.82) is 0 Å². The molecule has 128 valence electrons. The summed E-state index contributed by atoms with van der Waals surface area (Å²) in [4.78, 5) is 28.8. The second kappa shape index (κ2) is 6.11. The van der Waals surface area contributed by atoms with Gasteiger partial charge in [-0.3, -0.25) is 9.59 Å². The molecule has 1 aliphatic heterocycles. The molecule has 4 atom stereocenters. The number of para-hydroxylation sites is 1. The first-order valence-electron chi connectivity index (χ1n) is 8.97. The molecule has 0 aromatic heterocycles. The number of piperazine rings is 1. The van der Waals surface area contributed by atoms with Crippen molar-refractivity contribution >= 4 is 17.6 Å². The Balaban J connectivity index is 1.42. The third-order valence-electron chi connectivity index (χ3n) is 6.20. The van der Waals surface area contributed by atoms with Crippen molar-refractivity contribution in [3.05, 3.63) is 30.3 Å². The van der Waals surface area contributed by atoms with Gasteiger partial charge < -0.3 is 14.9 Å². The van der Waals surface area contributed by atoms with Crippen molar-refractivity contribution in [3.8, 4) is 0 Å². The molecule has 1 aromatic carbocycles. The number of carboxylic acid groups (broad SMARTS) is 1. The quantitative estimate of drug-likeness (QED) is 0.923. The summed E-state index contributed by atoms with van der Waals surface area (Å²) in [6, 6.07) is 10.2. The van der Waals surface area contributed by atoms with Crippen LogP contribution in [0.25, 0.3) is 0 Å². The number of amides is 1. The van der Waals surface area contributed by atoms with E-state index in [1.54, 1.807) is 0 Å². The second-order valence-electron chi connectivity index (χ2n) is 7.37. The number of benzene rings is 1. The van der Waals surface area contributed by atoms with E-state index in [2.05, 4.69) is 17.0 Å². The van der Waals surface area contributed by atoms with Crippen molar-refractivity contribution in [2.75, 3.05) is 31.1 Å². The molecule has 24 heavy (non-hydrogen) atoms. The lowest BCUT2D eigenvalue weighted by Crippen LogP contribution is -2.52. The van der Waals surface area contributed by atoms with Crippen LogP contribution in [0, 0.1) is 23.7 Å². The molecule has 1 N–H and O–H groups in total. The Kier molecular flexibility index (Phi) is 3.94. The Morgan fingerprint density at radius 2 is 1.54 bits per heavy atom. The van der Waals surface area contributed by atoms with Crippen LogP contribution in [0.2, 0.25) is 0 Å². The second-order valence-corrected chi connectivity index (χ2v) is 7.37. The molecule has 1 aromatic rings. The van der Waals surface area contributed by atoms with Crippen LogP contribution in [0.3, 0.4) is 0 Å². The van der Waals surface area contributed by atoms with Gasteiger partial charge in [0.25, 0.3) is 0 Å². The lowest BCUT2D eigenvalue weighted by molar-refractivity contribution is -0.153. The first kappa shape index (κ1) is 15.5. The molecule has 4 rings (SSSR count). The van der Waals surface area contributed by atoms with Crippen LogP contribution in [0.15, 0.2) is 30.3 Å². The molecule has 1 amide bonds. The maximum atomic E-state index is 13.0. The van der Waals surface area contributed by atoms with Crippen LogP contribution in [-0.4, -0.2) is 48.1 Å². The van der Waals surface area contributed by atoms with E-state index in [0.717, 1.165) is 32.4 Å². The van der Waals surface area contributed by atoms with Gasteiger partial charge in [0.1, 0.15) is 0 Å². The summed E-state index contributed by atoms with van der Waals surface area (Å²) in [6.07, 6.45) is 2.93. The van der Waals surface area contributed by atoms with Gasteiger partial charge in [-0.2, -0.15) is 0 Å². The summed E-state index contributed by atoms with van der Waals surface area (Å²) in [5.74, 6) is -0.929. The fraction of sp³-hybridized carbons (Fsp3) is 0.579. The summed E-state index contributed by atoms with van der Waals surface area (Å²) in [5, 5.41) is 9.56. The molecule has 2 aliphatic carbocycles. The highest BCUT2D eigenvalue weighted by Gasteiger charge is 2.54. The molecule has 4 unspecified atom stereocenters. The summed E-state index contributed by atoms with van der Waals surface area (Å²) >= 11 is 0. The minimum Gasteiger partial charge on any atom is -0.481 e. The monoisotopic (exact) mass is 328 g/mol. The topological polar surface area (TPSA) is 60.9 Å². The van der Waals surface area contributed by atoms with E-state index in [4.69, 9.17) is 0 Å². The van der Waals surface area contributed by atoms with E-state index >= 15 is 0 Å². The standard InChI is InChI=1S/C19H24N2O3/c22-18(16-13-6-7-14(12-13)17(16)19(23)24)21-10-8-20(9-11-21)15-4-2-1-3-5-15/h1-5,13-14,16-17H,6-12H2,(H,23,24). The minimum absolute atomic E-state index is 0.0855. The predicted molar refractivity (Wildman–Crippen MR) is 90.7 cm³/mol. The Morgan fingerprint density at radius 3 is 2.17 bits per heavy atom. The maximum absolute atomic E-state index is 13.0. The maximum Gasteiger partial charge on any atom is 0.307 e. The Bertz CT molecular complexity index is 625. The van der Waals surface area contributed by atoms with Crippen LogP contribution in [0.4, 0.5) is 5.69 Å². The van der Waals surface area contributed by atoms with Crippen molar-refractivity contribution in [1.82, 2.24) is 4.90 Å². The molecule has 5 heteroatoms. The highest BCUT2D eigenvalue weighted by Crippen LogP contribution is 2.53. The van der Waals surface area contributed by atoms with Crippen molar-refractivity contribution < 1.29 is 14.7 Å². The third-order valence-corrected chi connectivity index (χ3v) is 6.20. The molecule has 0 spiro atoms. The van der Waals surface area contributed by atoms with Crippen LogP contribution in [0.5, 0.6) is 0 Å². The molecule has 2 bridgehead atoms. The Labute approximate surface area is 142 Å². The average molecular weight is 328 g/mol. The lowest BCUT2D eigenvalue weighted by atomic mass is 9.78. The molecule has 1 saturated heterocycles. The fourth-order valence-corrected chi connectivity index (χ4v) is 5.04. The Morgan fingerprint density at radius 1 is 0.917 bits per heavy atom. The van der Waals surface area contributed by atoms with Gasteiger partial charge in [0.15, 0.2) is 0 Å². The number of anilines is 1. The minimum atomic E-state index is -0.775. The SMILES string of the molecule is O=C(O)C1C2CCC(C2)C1C(=O)N1CCN(c2ccccc2)CC1. The van der Waals surface area contributed by atoms with Crippen molar-refractivity contribution in [3.63, 3.8) is 0 Å². The largest absolute Gasteiger partial charge is 0.481 e. The molecular weight excluding hydrogens is 304 g/mol. The molecule has 2 saturated carbocycles. The van der Waals surface area contributed by atoms with Gasteiger partial charge >= 0.3 is 5.97 Å². The van der Waals surface area contributed by atoms with Gasteiger partial charge in [0.05, 0.1) is 11.8 Å². The number of nitrogens with zero attached hydrogens (tertiary/aromatic N) is 2. The number of fused-ring (bicyclic) bond motifs is 2. The van der Waals surface area contributed by atoms with E-state index in [1.807, 2.05) is 23.1 Å². The van der Waals surface area contributed by atoms with Gasteiger partial charge in [-0.15, -0.1) is 0 Å². The fourth-order valence-electron chi connectivity index (χ4n) is 5.04. The first-order chi connectivity index (χ1) is 11.6. The number of hydrogen-bond acceptors (Lipinski definition) is 3. The van der Waals surface area contributed by atoms with E-state index < -0.39 is 11.9 Å². The van der Waals surface area contributed by atoms with Crippen LogP contribution in [-0.2, 0) is 9.59 Å². The van der Waals surface area contributed by atoms with Gasteiger partial charge in [0.2, 0.25) is 5.91 Å². The third kappa shape index (κ3) is 2.56. The highest BCUT2D eigenvalue weighted by atomic mass is 16.4. The molecule has 0 radical (unpaired) electrons. The lowest BCUT2D eigenvalue weighted by Gasteiger charge is -2.39. The van der Waals surface area contributed by atoms with E-state index in [0.29, 0.717) is 13.1 Å². The number of carbonyl (C=O) groups excluding carboxylic acids is 1. The average Bonchev–Trinajstić information content (AvgIpc) is 3.23. The number of hydrogen-bond donors (Lipinski definition) is 1. The van der Waals surface area contributed by atoms with Gasteiger partial charge in [-0.05, 0) is 43.2 Å². The van der Waals surface area contributed by atoms with Gasteiger partial charge in [0, 0.05) is 31.9 Å². The summed E-state index contributed by atoms with van der Waals surface area (Å²) in [7, 11) is 0. The van der Waals surface area contributed by atoms with Crippen LogP contribution in [0.1, 0.15) is 19.3 Å². The van der Waals surface area contributed by atoms with E-state index in [-0.39, 0.29) is 23.7 Å². The van der Waals surface area contributed by atoms with Crippen LogP contribution >= 0.6 is 0 Å². The highest BCUT2D eigenvalue weighted by molar-refractivity contribution is 5.86. The molecule has 3 fully saturated rings. The number of carbonyl (C=O) groups is 2. The smallest absolute Gasteiger partial charge is 0.307 e. The van der Waals surface area contributed by atoms with Crippen molar-refractivity contribution in [2.45, 2.75) is 19.3 Å². The number of aliphatic carboxylic acids is 1. The van der Waals surface area contributed by atoms with E-state index in [9.17, 15) is 14.7 Å². The Hall–Kier alpha value is -2.04. The zero-order valence-corrected chi connectivity index (χ0v) is 13.8. The molecule has 3 aliphatic rings. The number of carboxylic acids is 1. The normalized spacial score (nSPS) is 32.2. The molecule has 5 nitrogen and oxygen atoms in total. The van der Waals surface area contributed by atoms with Gasteiger partial charge in [-0.1, -0.05) is 18.2 Å². The summed E-state index contributed by atoms with van der Waals surface area (Å²) in [6.45, 7) is 3.00. The number of rotatable bonds is 3. The summed E-state index contributed by atoms with van der Waals surface area (Å²) in [5.41, 5.74) is 1.19. The van der Waals surface area contributed by atoms with E-state index in [1.165, 1.54) is 5.69 Å². The van der Waals surface area contributed by atoms with Crippen LogP contribution < -0.4 is 4.90 Å². The van der Waals surface area contributed by atoms with Crippen molar-refractivity contribution in [2.24, 2.45) is 23.7 Å². The summed E-state index contributed by atoms with van der Waals surface area (Å²) < 4.78 is 0. The predicted octanol–water partition coefficient (Wildman–Crippen LogP) is 2.08. The zero-order chi connectivity index (χ0) is 16.7. The molecular formula is C19H24N2O3. The van der Waals surface area contributed by atoms with Gasteiger partial charge in [-0.25, -0.2) is 0 Å². The zero-order valence-electron chi connectivity index (χ0n) is 13.8. The molecule has 1 heterocycles. The first-order valence-corrected chi connectivity index (χ1v) is 8.97.